The Bertz CT molecular complexity index is 350. The van der Waals surface area contributed by atoms with E-state index in [9.17, 15) is 4.79 Å². The van der Waals surface area contributed by atoms with Crippen LogP contribution in [0, 0.1) is 0 Å². The molecule has 88 valence electrons. The molecule has 2 atom stereocenters. The van der Waals surface area contributed by atoms with Gasteiger partial charge in [-0.1, -0.05) is 0 Å². The van der Waals surface area contributed by atoms with E-state index in [-0.39, 0.29) is 18.0 Å². The smallest absolute Gasteiger partial charge is 0.247 e. The minimum atomic E-state index is -0.298. The summed E-state index contributed by atoms with van der Waals surface area (Å²) in [5.74, 6) is 0.0700. The molecule has 6 heteroatoms. The predicted octanol–water partition coefficient (Wildman–Crippen LogP) is -0.211. The van der Waals surface area contributed by atoms with E-state index in [1.807, 2.05) is 11.8 Å². The third-order valence-electron chi connectivity index (χ3n) is 2.96. The summed E-state index contributed by atoms with van der Waals surface area (Å²) in [7, 11) is 0. The number of carbonyl (C=O) groups excluding carboxylic acids is 1. The van der Waals surface area contributed by atoms with Crippen LogP contribution in [-0.2, 0) is 4.79 Å². The van der Waals surface area contributed by atoms with Crippen molar-refractivity contribution >= 4 is 5.91 Å². The summed E-state index contributed by atoms with van der Waals surface area (Å²) in [6, 6.07) is -0.187. The number of aromatic nitrogens is 3. The second-order valence-electron chi connectivity index (χ2n) is 4.24. The molecule has 0 radical (unpaired) electrons. The first-order chi connectivity index (χ1) is 7.68. The minimum Gasteiger partial charge on any atom is -0.339 e. The Morgan fingerprint density at radius 3 is 3.06 bits per heavy atom. The van der Waals surface area contributed by atoms with E-state index in [0.717, 1.165) is 19.4 Å². The van der Waals surface area contributed by atoms with Gasteiger partial charge in [0.25, 0.3) is 0 Å². The zero-order valence-corrected chi connectivity index (χ0v) is 9.41. The largest absolute Gasteiger partial charge is 0.339 e. The Morgan fingerprint density at radius 2 is 2.44 bits per heavy atom. The Kier molecular flexibility index (Phi) is 3.19. The predicted molar refractivity (Wildman–Crippen MR) is 58.5 cm³/mol. The lowest BCUT2D eigenvalue weighted by atomic mass is 10.1. The quantitative estimate of drug-likeness (QED) is 0.752. The molecule has 0 aliphatic carbocycles. The summed E-state index contributed by atoms with van der Waals surface area (Å²) in [5.41, 5.74) is 5.85. The maximum absolute atomic E-state index is 12.1. The third-order valence-corrected chi connectivity index (χ3v) is 2.96. The summed E-state index contributed by atoms with van der Waals surface area (Å²) >= 11 is 0. The first-order valence-electron chi connectivity index (χ1n) is 5.57. The number of hydrogen-bond donors (Lipinski definition) is 1. The summed E-state index contributed by atoms with van der Waals surface area (Å²) in [5, 5.41) is 3.98. The highest BCUT2D eigenvalue weighted by atomic mass is 16.2. The van der Waals surface area contributed by atoms with Crippen LogP contribution in [0.3, 0.4) is 0 Å². The number of carbonyl (C=O) groups is 1. The average Bonchev–Trinajstić information content (AvgIpc) is 2.80. The number of piperidine rings is 1. The van der Waals surface area contributed by atoms with Crippen molar-refractivity contribution in [3.63, 3.8) is 0 Å². The van der Waals surface area contributed by atoms with Crippen LogP contribution in [0.15, 0.2) is 12.7 Å². The van der Waals surface area contributed by atoms with Crippen LogP contribution >= 0.6 is 0 Å². The van der Waals surface area contributed by atoms with Crippen molar-refractivity contribution < 1.29 is 4.79 Å². The van der Waals surface area contributed by atoms with E-state index < -0.39 is 0 Å². The molecular weight excluding hydrogens is 206 g/mol. The molecule has 2 rings (SSSR count). The van der Waals surface area contributed by atoms with Gasteiger partial charge in [0, 0.05) is 19.1 Å². The lowest BCUT2D eigenvalue weighted by molar-refractivity contribution is -0.135. The molecule has 1 aromatic heterocycles. The number of rotatable bonds is 2. The van der Waals surface area contributed by atoms with Gasteiger partial charge in [-0.15, -0.1) is 0 Å². The molecule has 0 bridgehead atoms. The van der Waals surface area contributed by atoms with Gasteiger partial charge >= 0.3 is 0 Å². The molecule has 1 aromatic rings. The molecule has 0 spiro atoms. The molecule has 0 aromatic carbocycles. The third kappa shape index (κ3) is 2.21. The van der Waals surface area contributed by atoms with Crippen molar-refractivity contribution in [2.24, 2.45) is 5.73 Å². The number of nitrogens with two attached hydrogens (primary N) is 1. The van der Waals surface area contributed by atoms with Crippen LogP contribution < -0.4 is 5.73 Å². The number of amides is 1. The molecule has 1 saturated heterocycles. The van der Waals surface area contributed by atoms with Gasteiger partial charge in [0.2, 0.25) is 5.91 Å². The van der Waals surface area contributed by atoms with E-state index in [4.69, 9.17) is 5.73 Å². The normalized spacial score (nSPS) is 23.1. The zero-order valence-electron chi connectivity index (χ0n) is 9.41. The van der Waals surface area contributed by atoms with E-state index in [2.05, 4.69) is 10.1 Å². The molecule has 2 unspecified atom stereocenters. The van der Waals surface area contributed by atoms with Crippen molar-refractivity contribution in [1.29, 1.82) is 0 Å². The van der Waals surface area contributed by atoms with Crippen molar-refractivity contribution in [1.82, 2.24) is 19.7 Å². The maximum Gasteiger partial charge on any atom is 0.247 e. The maximum atomic E-state index is 12.1. The van der Waals surface area contributed by atoms with Crippen LogP contribution in [-0.4, -0.2) is 44.7 Å². The highest BCUT2D eigenvalue weighted by Gasteiger charge is 2.26. The molecule has 6 nitrogen and oxygen atoms in total. The standard InChI is InChI=1S/C10H17N5O/c1-8(15-7-12-6-13-15)10(16)14-4-2-3-9(11)5-14/h6-9H,2-5,11H2,1H3. The van der Waals surface area contributed by atoms with Crippen molar-refractivity contribution in [3.8, 4) is 0 Å². The fourth-order valence-corrected chi connectivity index (χ4v) is 2.00. The summed E-state index contributed by atoms with van der Waals surface area (Å²) < 4.78 is 1.57. The van der Waals surface area contributed by atoms with Gasteiger partial charge in [-0.05, 0) is 19.8 Å². The lowest BCUT2D eigenvalue weighted by Crippen LogP contribution is -2.47. The van der Waals surface area contributed by atoms with Gasteiger partial charge in [-0.25, -0.2) is 9.67 Å². The van der Waals surface area contributed by atoms with Gasteiger partial charge < -0.3 is 10.6 Å². The molecular formula is C10H17N5O. The summed E-state index contributed by atoms with van der Waals surface area (Å²) in [4.78, 5) is 17.8. The van der Waals surface area contributed by atoms with E-state index >= 15 is 0 Å². The lowest BCUT2D eigenvalue weighted by Gasteiger charge is -2.32. The molecule has 16 heavy (non-hydrogen) atoms. The number of nitrogens with zero attached hydrogens (tertiary/aromatic N) is 4. The Morgan fingerprint density at radius 1 is 1.62 bits per heavy atom. The molecule has 0 saturated carbocycles. The first-order valence-corrected chi connectivity index (χ1v) is 5.57. The first kappa shape index (κ1) is 11.1. The summed E-state index contributed by atoms with van der Waals surface area (Å²) in [6.07, 6.45) is 4.98. The van der Waals surface area contributed by atoms with E-state index in [1.165, 1.54) is 6.33 Å². The van der Waals surface area contributed by atoms with Crippen LogP contribution in [0.1, 0.15) is 25.8 Å². The Balaban J connectivity index is 2.01. The van der Waals surface area contributed by atoms with Crippen LogP contribution in [0.2, 0.25) is 0 Å². The number of hydrogen-bond acceptors (Lipinski definition) is 4. The second-order valence-corrected chi connectivity index (χ2v) is 4.24. The van der Waals surface area contributed by atoms with Gasteiger partial charge in [0.05, 0.1) is 0 Å². The Labute approximate surface area is 94.4 Å². The van der Waals surface area contributed by atoms with Crippen molar-refractivity contribution in [2.45, 2.75) is 31.8 Å². The van der Waals surface area contributed by atoms with E-state index in [0.29, 0.717) is 6.54 Å². The summed E-state index contributed by atoms with van der Waals surface area (Å²) in [6.45, 7) is 3.28. The van der Waals surface area contributed by atoms with Crippen LogP contribution in [0.25, 0.3) is 0 Å². The van der Waals surface area contributed by atoms with Gasteiger partial charge in [0.1, 0.15) is 18.7 Å². The molecule has 2 N–H and O–H groups in total. The fraction of sp³-hybridized carbons (Fsp3) is 0.700. The molecule has 1 fully saturated rings. The highest BCUT2D eigenvalue weighted by molar-refractivity contribution is 5.80. The number of likely N-dealkylation sites (tertiary alicyclic amines) is 1. The van der Waals surface area contributed by atoms with Crippen LogP contribution in [0.5, 0.6) is 0 Å². The fourth-order valence-electron chi connectivity index (χ4n) is 2.00. The Hall–Kier alpha value is -1.43. The van der Waals surface area contributed by atoms with Gasteiger partial charge in [-0.2, -0.15) is 5.10 Å². The zero-order chi connectivity index (χ0) is 11.5. The van der Waals surface area contributed by atoms with Gasteiger partial charge in [-0.3, -0.25) is 4.79 Å². The molecule has 1 amide bonds. The van der Waals surface area contributed by atoms with Crippen molar-refractivity contribution in [3.05, 3.63) is 12.7 Å². The van der Waals surface area contributed by atoms with Crippen molar-refractivity contribution in [2.75, 3.05) is 13.1 Å². The molecule has 1 aliphatic rings. The highest BCUT2D eigenvalue weighted by Crippen LogP contribution is 2.14. The topological polar surface area (TPSA) is 77.0 Å². The monoisotopic (exact) mass is 223 g/mol. The minimum absolute atomic E-state index is 0.0700. The SMILES string of the molecule is CC(C(=O)N1CCCC(N)C1)n1cncn1. The molecule has 1 aliphatic heterocycles. The van der Waals surface area contributed by atoms with Crippen LogP contribution in [0.4, 0.5) is 0 Å². The second kappa shape index (κ2) is 4.61. The van der Waals surface area contributed by atoms with Gasteiger partial charge in [0.15, 0.2) is 0 Å². The van der Waals surface area contributed by atoms with E-state index in [1.54, 1.807) is 11.0 Å². The average molecular weight is 223 g/mol. The molecule has 2 heterocycles.